The van der Waals surface area contributed by atoms with Crippen LogP contribution in [0, 0.1) is 5.92 Å². The summed E-state index contributed by atoms with van der Waals surface area (Å²) in [5.74, 6) is 1.75. The second kappa shape index (κ2) is 5.35. The minimum atomic E-state index is -0.223. The zero-order chi connectivity index (χ0) is 13.4. The second-order valence-electron chi connectivity index (χ2n) is 5.89. The van der Waals surface area contributed by atoms with Gasteiger partial charge in [-0.2, -0.15) is 11.8 Å². The molecule has 0 bridgehead atoms. The van der Waals surface area contributed by atoms with E-state index in [-0.39, 0.29) is 24.4 Å². The standard InChI is InChI=1S/C14H22N2O2S/c1-2-19-11-6-5-10(7-11)16-8-12(17)15-13(14(16)18)9-3-4-9/h9-11,13H,2-8H2,1H3,(H,15,17). The molecule has 0 aromatic carbocycles. The third-order valence-electron chi connectivity index (χ3n) is 4.47. The molecular weight excluding hydrogens is 260 g/mol. The maximum atomic E-state index is 12.5. The third-order valence-corrected chi connectivity index (χ3v) is 5.71. The average Bonchev–Trinajstić information content (AvgIpc) is 3.13. The van der Waals surface area contributed by atoms with Crippen LogP contribution in [0.15, 0.2) is 0 Å². The lowest BCUT2D eigenvalue weighted by atomic mass is 10.1. The Bertz CT molecular complexity index is 384. The number of nitrogens with one attached hydrogen (secondary N) is 1. The molecule has 4 nitrogen and oxygen atoms in total. The van der Waals surface area contributed by atoms with Crippen LogP contribution in [0.1, 0.15) is 39.0 Å². The summed E-state index contributed by atoms with van der Waals surface area (Å²) < 4.78 is 0. The van der Waals surface area contributed by atoms with E-state index in [1.165, 1.54) is 6.42 Å². The lowest BCUT2D eigenvalue weighted by Crippen LogP contribution is -2.61. The van der Waals surface area contributed by atoms with Gasteiger partial charge in [-0.05, 0) is 43.8 Å². The fourth-order valence-corrected chi connectivity index (χ4v) is 4.47. The zero-order valence-electron chi connectivity index (χ0n) is 11.4. The number of carbonyl (C=O) groups is 2. The average molecular weight is 282 g/mol. The van der Waals surface area contributed by atoms with Gasteiger partial charge in [0, 0.05) is 11.3 Å². The Hall–Kier alpha value is -0.710. The topological polar surface area (TPSA) is 49.4 Å². The van der Waals surface area contributed by atoms with E-state index < -0.39 is 0 Å². The van der Waals surface area contributed by atoms with Crippen molar-refractivity contribution in [1.82, 2.24) is 10.2 Å². The van der Waals surface area contributed by atoms with Gasteiger partial charge in [0.15, 0.2) is 0 Å². The van der Waals surface area contributed by atoms with Crippen LogP contribution in [0.2, 0.25) is 0 Å². The summed E-state index contributed by atoms with van der Waals surface area (Å²) in [6.45, 7) is 2.46. The van der Waals surface area contributed by atoms with Gasteiger partial charge in [0.05, 0.1) is 6.54 Å². The van der Waals surface area contributed by atoms with E-state index in [1.54, 1.807) is 0 Å². The first-order chi connectivity index (χ1) is 9.19. The van der Waals surface area contributed by atoms with Crippen molar-refractivity contribution in [3.63, 3.8) is 0 Å². The van der Waals surface area contributed by atoms with Gasteiger partial charge < -0.3 is 10.2 Å². The highest BCUT2D eigenvalue weighted by atomic mass is 32.2. The summed E-state index contributed by atoms with van der Waals surface area (Å²) in [4.78, 5) is 26.2. The molecule has 1 aliphatic heterocycles. The number of rotatable bonds is 4. The molecule has 0 radical (unpaired) electrons. The van der Waals surface area contributed by atoms with Gasteiger partial charge in [0.2, 0.25) is 11.8 Å². The molecule has 3 aliphatic rings. The van der Waals surface area contributed by atoms with Crippen molar-refractivity contribution in [2.24, 2.45) is 5.92 Å². The number of nitrogens with zero attached hydrogens (tertiary/aromatic N) is 1. The molecule has 1 N–H and O–H groups in total. The Morgan fingerprint density at radius 2 is 2.05 bits per heavy atom. The summed E-state index contributed by atoms with van der Waals surface area (Å²) >= 11 is 1.99. The van der Waals surface area contributed by atoms with Crippen molar-refractivity contribution in [3.8, 4) is 0 Å². The first-order valence-corrected chi connectivity index (χ1v) is 8.45. The van der Waals surface area contributed by atoms with Crippen molar-refractivity contribution in [2.75, 3.05) is 12.3 Å². The Kier molecular flexibility index (Phi) is 3.74. The minimum Gasteiger partial charge on any atom is -0.342 e. The minimum absolute atomic E-state index is 0.0306. The second-order valence-corrected chi connectivity index (χ2v) is 7.47. The molecule has 3 rings (SSSR count). The summed E-state index contributed by atoms with van der Waals surface area (Å²) in [5, 5.41) is 3.56. The van der Waals surface area contributed by atoms with E-state index >= 15 is 0 Å². The highest BCUT2D eigenvalue weighted by Gasteiger charge is 2.45. The van der Waals surface area contributed by atoms with Crippen molar-refractivity contribution >= 4 is 23.6 Å². The molecule has 2 saturated carbocycles. The van der Waals surface area contributed by atoms with Gasteiger partial charge >= 0.3 is 0 Å². The summed E-state index contributed by atoms with van der Waals surface area (Å²) in [5.41, 5.74) is 0. The maximum absolute atomic E-state index is 12.5. The molecule has 3 unspecified atom stereocenters. The van der Waals surface area contributed by atoms with Gasteiger partial charge in [-0.15, -0.1) is 0 Å². The number of thioether (sulfide) groups is 1. The lowest BCUT2D eigenvalue weighted by molar-refractivity contribution is -0.147. The first-order valence-electron chi connectivity index (χ1n) is 7.40. The molecule has 0 aromatic heterocycles. The number of hydrogen-bond acceptors (Lipinski definition) is 3. The monoisotopic (exact) mass is 282 g/mol. The number of amides is 2. The van der Waals surface area contributed by atoms with E-state index in [2.05, 4.69) is 12.2 Å². The summed E-state index contributed by atoms with van der Waals surface area (Å²) in [7, 11) is 0. The fourth-order valence-electron chi connectivity index (χ4n) is 3.34. The van der Waals surface area contributed by atoms with Gasteiger partial charge in [-0.25, -0.2) is 0 Å². The quantitative estimate of drug-likeness (QED) is 0.848. The summed E-state index contributed by atoms with van der Waals surface area (Å²) in [6.07, 6.45) is 5.48. The lowest BCUT2D eigenvalue weighted by Gasteiger charge is -2.36. The van der Waals surface area contributed by atoms with Gasteiger partial charge in [-0.1, -0.05) is 6.92 Å². The van der Waals surface area contributed by atoms with Crippen molar-refractivity contribution in [2.45, 2.75) is 56.4 Å². The number of carbonyl (C=O) groups excluding carboxylic acids is 2. The number of piperazine rings is 1. The SMILES string of the molecule is CCSC1CCC(N2CC(=O)NC(C3CC3)C2=O)C1. The first kappa shape index (κ1) is 13.3. The molecule has 3 atom stereocenters. The van der Waals surface area contributed by atoms with Gasteiger partial charge in [0.1, 0.15) is 6.04 Å². The molecule has 5 heteroatoms. The van der Waals surface area contributed by atoms with E-state index in [0.29, 0.717) is 17.2 Å². The fraction of sp³-hybridized carbons (Fsp3) is 0.857. The van der Waals surface area contributed by atoms with Crippen molar-refractivity contribution in [1.29, 1.82) is 0 Å². The normalized spacial score (nSPS) is 35.6. The highest BCUT2D eigenvalue weighted by molar-refractivity contribution is 7.99. The van der Waals surface area contributed by atoms with Crippen LogP contribution in [0.3, 0.4) is 0 Å². The van der Waals surface area contributed by atoms with E-state index in [4.69, 9.17) is 0 Å². The van der Waals surface area contributed by atoms with Crippen LogP contribution in [0.5, 0.6) is 0 Å². The molecule has 1 saturated heterocycles. The summed E-state index contributed by atoms with van der Waals surface area (Å²) in [6, 6.07) is 0.0722. The highest BCUT2D eigenvalue weighted by Crippen LogP contribution is 2.37. The molecule has 2 aliphatic carbocycles. The Labute approximate surface area is 118 Å². The smallest absolute Gasteiger partial charge is 0.246 e. The number of hydrogen-bond donors (Lipinski definition) is 1. The van der Waals surface area contributed by atoms with Crippen LogP contribution in [0.25, 0.3) is 0 Å². The van der Waals surface area contributed by atoms with Gasteiger partial charge in [0.25, 0.3) is 0 Å². The molecule has 1 heterocycles. The van der Waals surface area contributed by atoms with Crippen LogP contribution < -0.4 is 5.32 Å². The van der Waals surface area contributed by atoms with Crippen LogP contribution in [-0.4, -0.2) is 46.3 Å². The van der Waals surface area contributed by atoms with Crippen molar-refractivity contribution < 1.29 is 9.59 Å². The van der Waals surface area contributed by atoms with Crippen LogP contribution in [-0.2, 0) is 9.59 Å². The Morgan fingerprint density at radius 1 is 1.26 bits per heavy atom. The van der Waals surface area contributed by atoms with Crippen molar-refractivity contribution in [3.05, 3.63) is 0 Å². The van der Waals surface area contributed by atoms with E-state index in [0.717, 1.165) is 31.4 Å². The molecule has 106 valence electrons. The maximum Gasteiger partial charge on any atom is 0.246 e. The zero-order valence-corrected chi connectivity index (χ0v) is 12.2. The molecule has 2 amide bonds. The molecule has 0 aromatic rings. The molecule has 3 fully saturated rings. The Morgan fingerprint density at radius 3 is 2.74 bits per heavy atom. The van der Waals surface area contributed by atoms with E-state index in [9.17, 15) is 9.59 Å². The van der Waals surface area contributed by atoms with E-state index in [1.807, 2.05) is 16.7 Å². The van der Waals surface area contributed by atoms with Crippen LogP contribution >= 0.6 is 11.8 Å². The predicted octanol–water partition coefficient (Wildman–Crippen LogP) is 1.40. The molecule has 19 heavy (non-hydrogen) atoms. The molecular formula is C14H22N2O2S. The van der Waals surface area contributed by atoms with Gasteiger partial charge in [-0.3, -0.25) is 9.59 Å². The molecule has 0 spiro atoms. The predicted molar refractivity (Wildman–Crippen MR) is 75.9 cm³/mol. The Balaban J connectivity index is 1.65. The third kappa shape index (κ3) is 2.76. The van der Waals surface area contributed by atoms with Crippen LogP contribution in [0.4, 0.5) is 0 Å². The largest absolute Gasteiger partial charge is 0.342 e.